The number of nitrogens with zero attached hydrogens (tertiary/aromatic N) is 1. The quantitative estimate of drug-likeness (QED) is 0.816. The topological polar surface area (TPSA) is 76.1 Å². The van der Waals surface area contributed by atoms with Gasteiger partial charge in [-0.2, -0.15) is 0 Å². The van der Waals surface area contributed by atoms with Gasteiger partial charge in [0.15, 0.2) is 6.10 Å². The Morgan fingerprint density at radius 1 is 1.30 bits per heavy atom. The van der Waals surface area contributed by atoms with Gasteiger partial charge in [0.25, 0.3) is 5.91 Å². The number of aliphatic carboxylic acids is 1. The number of hydrogen-bond acceptors (Lipinski definition) is 4. The van der Waals surface area contributed by atoms with Gasteiger partial charge in [0.2, 0.25) is 0 Å². The molecule has 2 heterocycles. The van der Waals surface area contributed by atoms with E-state index in [1.807, 2.05) is 0 Å². The number of carboxylic acids is 1. The van der Waals surface area contributed by atoms with Crippen LogP contribution in [0, 0.1) is 0 Å². The molecule has 2 rings (SSSR count). The van der Waals surface area contributed by atoms with Crippen molar-refractivity contribution >= 4 is 11.9 Å². The normalized spacial score (nSPS) is 30.4. The number of rotatable bonds is 5. The summed E-state index contributed by atoms with van der Waals surface area (Å²) in [4.78, 5) is 24.9. The molecule has 0 radical (unpaired) electrons. The summed E-state index contributed by atoms with van der Waals surface area (Å²) in [5, 5.41) is 8.89. The highest BCUT2D eigenvalue weighted by Gasteiger charge is 2.38. The molecule has 0 aromatic rings. The van der Waals surface area contributed by atoms with Crippen LogP contribution >= 0.6 is 0 Å². The highest BCUT2D eigenvalue weighted by molar-refractivity contribution is 5.82. The molecule has 2 saturated heterocycles. The minimum Gasteiger partial charge on any atom is -0.479 e. The van der Waals surface area contributed by atoms with E-state index >= 15 is 0 Å². The molecule has 0 saturated carbocycles. The number of carboxylic acid groups (broad SMARTS) is 1. The van der Waals surface area contributed by atoms with Crippen LogP contribution in [-0.4, -0.2) is 59.9 Å². The van der Waals surface area contributed by atoms with E-state index in [0.717, 1.165) is 19.3 Å². The molecule has 6 nitrogen and oxygen atoms in total. The Morgan fingerprint density at radius 3 is 2.70 bits per heavy atom. The molecule has 2 aliphatic rings. The summed E-state index contributed by atoms with van der Waals surface area (Å²) >= 11 is 0. The Labute approximate surface area is 119 Å². The molecule has 1 amide bonds. The first-order valence-corrected chi connectivity index (χ1v) is 7.40. The minimum absolute atomic E-state index is 0.0847. The highest BCUT2D eigenvalue weighted by atomic mass is 16.5. The number of piperidine rings is 1. The Morgan fingerprint density at radius 2 is 2.05 bits per heavy atom. The van der Waals surface area contributed by atoms with Gasteiger partial charge in [0.1, 0.15) is 6.10 Å². The van der Waals surface area contributed by atoms with Crippen molar-refractivity contribution in [1.29, 1.82) is 0 Å². The zero-order valence-electron chi connectivity index (χ0n) is 11.9. The van der Waals surface area contributed by atoms with Crippen LogP contribution in [0.25, 0.3) is 0 Å². The molecule has 6 heteroatoms. The second kappa shape index (κ2) is 7.04. The molecule has 0 aromatic carbocycles. The number of hydrogen-bond donors (Lipinski definition) is 1. The van der Waals surface area contributed by atoms with E-state index in [2.05, 4.69) is 6.92 Å². The van der Waals surface area contributed by atoms with Crippen LogP contribution in [0.15, 0.2) is 0 Å². The lowest BCUT2D eigenvalue weighted by molar-refractivity contribution is -0.156. The maximum absolute atomic E-state index is 12.3. The third-order valence-corrected chi connectivity index (χ3v) is 3.82. The highest BCUT2D eigenvalue weighted by Crippen LogP contribution is 2.23. The first kappa shape index (κ1) is 15.3. The lowest BCUT2D eigenvalue weighted by Gasteiger charge is -2.34. The lowest BCUT2D eigenvalue weighted by Crippen LogP contribution is -2.47. The summed E-state index contributed by atoms with van der Waals surface area (Å²) in [6.07, 6.45) is 2.45. The zero-order chi connectivity index (χ0) is 14.5. The molecule has 20 heavy (non-hydrogen) atoms. The molecule has 2 fully saturated rings. The van der Waals surface area contributed by atoms with Gasteiger partial charge in [-0.3, -0.25) is 4.79 Å². The maximum atomic E-state index is 12.3. The van der Waals surface area contributed by atoms with E-state index < -0.39 is 18.2 Å². The molecule has 0 bridgehead atoms. The van der Waals surface area contributed by atoms with E-state index in [1.165, 1.54) is 0 Å². The average Bonchev–Trinajstić information content (AvgIpc) is 2.94. The van der Waals surface area contributed by atoms with Crippen LogP contribution < -0.4 is 0 Å². The molecule has 114 valence electrons. The summed E-state index contributed by atoms with van der Waals surface area (Å²) in [6, 6.07) is 0. The van der Waals surface area contributed by atoms with Crippen LogP contribution in [0.1, 0.15) is 39.0 Å². The second-order valence-corrected chi connectivity index (χ2v) is 5.45. The molecule has 3 atom stereocenters. The van der Waals surface area contributed by atoms with E-state index in [0.29, 0.717) is 32.5 Å². The van der Waals surface area contributed by atoms with Crippen molar-refractivity contribution in [3.63, 3.8) is 0 Å². The van der Waals surface area contributed by atoms with Crippen molar-refractivity contribution in [2.24, 2.45) is 0 Å². The fraction of sp³-hybridized carbons (Fsp3) is 0.857. The fourth-order valence-electron chi connectivity index (χ4n) is 2.76. The predicted molar refractivity (Wildman–Crippen MR) is 71.4 cm³/mol. The van der Waals surface area contributed by atoms with Gasteiger partial charge in [-0.05, 0) is 32.1 Å². The minimum atomic E-state index is -0.983. The van der Waals surface area contributed by atoms with Crippen molar-refractivity contribution in [1.82, 2.24) is 4.90 Å². The molecule has 2 aliphatic heterocycles. The number of carbonyl (C=O) groups excluding carboxylic acids is 1. The summed E-state index contributed by atoms with van der Waals surface area (Å²) in [5.41, 5.74) is 0. The van der Waals surface area contributed by atoms with Crippen LogP contribution in [0.2, 0.25) is 0 Å². The summed E-state index contributed by atoms with van der Waals surface area (Å²) in [7, 11) is 0. The SMILES string of the molecule is CCCOC1CCCN(C(=O)C2CCC(C(=O)O)O2)C1. The van der Waals surface area contributed by atoms with Crippen LogP contribution in [0.3, 0.4) is 0 Å². The van der Waals surface area contributed by atoms with Gasteiger partial charge in [-0.1, -0.05) is 6.92 Å². The zero-order valence-corrected chi connectivity index (χ0v) is 11.9. The number of ether oxygens (including phenoxy) is 2. The molecule has 0 aliphatic carbocycles. The summed E-state index contributed by atoms with van der Waals surface area (Å²) < 4.78 is 11.0. The van der Waals surface area contributed by atoms with Crippen molar-refractivity contribution in [2.45, 2.75) is 57.3 Å². The van der Waals surface area contributed by atoms with E-state index in [-0.39, 0.29) is 12.0 Å². The van der Waals surface area contributed by atoms with Gasteiger partial charge >= 0.3 is 5.97 Å². The van der Waals surface area contributed by atoms with Crippen molar-refractivity contribution in [3.8, 4) is 0 Å². The average molecular weight is 285 g/mol. The third-order valence-electron chi connectivity index (χ3n) is 3.82. The number of likely N-dealkylation sites (tertiary alicyclic amines) is 1. The standard InChI is InChI=1S/C14H23NO5/c1-2-8-19-10-4-3-7-15(9-10)13(16)11-5-6-12(20-11)14(17)18/h10-12H,2-9H2,1H3,(H,17,18). The molecule has 0 aromatic heterocycles. The van der Waals surface area contributed by atoms with Gasteiger partial charge in [-0.25, -0.2) is 4.79 Å². The molecule has 0 spiro atoms. The third kappa shape index (κ3) is 3.70. The first-order chi connectivity index (χ1) is 9.61. The predicted octanol–water partition coefficient (Wildman–Crippen LogP) is 1.04. The first-order valence-electron chi connectivity index (χ1n) is 7.40. The van der Waals surface area contributed by atoms with Gasteiger partial charge in [0.05, 0.1) is 6.10 Å². The monoisotopic (exact) mass is 285 g/mol. The molecule has 1 N–H and O–H groups in total. The van der Waals surface area contributed by atoms with Gasteiger partial charge in [0, 0.05) is 19.7 Å². The Balaban J connectivity index is 1.84. The molecular formula is C14H23NO5. The number of carbonyl (C=O) groups is 2. The van der Waals surface area contributed by atoms with Crippen LogP contribution in [0.4, 0.5) is 0 Å². The van der Waals surface area contributed by atoms with Crippen molar-refractivity contribution in [3.05, 3.63) is 0 Å². The Kier molecular flexibility index (Phi) is 5.37. The molecular weight excluding hydrogens is 262 g/mol. The van der Waals surface area contributed by atoms with E-state index in [1.54, 1.807) is 4.90 Å². The molecule has 3 unspecified atom stereocenters. The maximum Gasteiger partial charge on any atom is 0.332 e. The largest absolute Gasteiger partial charge is 0.479 e. The smallest absolute Gasteiger partial charge is 0.332 e. The fourth-order valence-corrected chi connectivity index (χ4v) is 2.76. The van der Waals surface area contributed by atoms with Gasteiger partial charge in [-0.15, -0.1) is 0 Å². The van der Waals surface area contributed by atoms with Gasteiger partial charge < -0.3 is 19.5 Å². The number of amides is 1. The lowest BCUT2D eigenvalue weighted by atomic mass is 10.1. The van der Waals surface area contributed by atoms with Crippen LogP contribution in [-0.2, 0) is 19.1 Å². The van der Waals surface area contributed by atoms with E-state index in [4.69, 9.17) is 14.6 Å². The Bertz CT molecular complexity index is 359. The second-order valence-electron chi connectivity index (χ2n) is 5.45. The summed E-state index contributed by atoms with van der Waals surface area (Å²) in [6.45, 7) is 4.08. The van der Waals surface area contributed by atoms with Crippen molar-refractivity contribution < 1.29 is 24.2 Å². The van der Waals surface area contributed by atoms with Crippen molar-refractivity contribution in [2.75, 3.05) is 19.7 Å². The summed E-state index contributed by atoms with van der Waals surface area (Å²) in [5.74, 6) is -1.07. The van der Waals surface area contributed by atoms with E-state index in [9.17, 15) is 9.59 Å². The van der Waals surface area contributed by atoms with Crippen LogP contribution in [0.5, 0.6) is 0 Å². The Hall–Kier alpha value is -1.14.